The van der Waals surface area contributed by atoms with Crippen LogP contribution < -0.4 is 4.90 Å². The summed E-state index contributed by atoms with van der Waals surface area (Å²) in [5.74, 6) is 0. The first-order valence-corrected chi connectivity index (χ1v) is 12.4. The summed E-state index contributed by atoms with van der Waals surface area (Å²) in [5.41, 5.74) is 5.16. The number of hydrogen-bond acceptors (Lipinski definition) is 3. The highest BCUT2D eigenvalue weighted by atomic mass is 32.2. The van der Waals surface area contributed by atoms with E-state index < -0.39 is 10.0 Å². The van der Waals surface area contributed by atoms with Gasteiger partial charge in [-0.15, -0.1) is 0 Å². The van der Waals surface area contributed by atoms with Gasteiger partial charge >= 0.3 is 0 Å². The predicted molar refractivity (Wildman–Crippen MR) is 128 cm³/mol. The second kappa shape index (κ2) is 8.60. The topological polar surface area (TPSA) is 40.6 Å². The lowest BCUT2D eigenvalue weighted by atomic mass is 9.90. The normalized spacial score (nSPS) is 16.9. The fourth-order valence-electron chi connectivity index (χ4n) is 4.40. The number of anilines is 1. The van der Waals surface area contributed by atoms with Crippen LogP contribution in [0.3, 0.4) is 0 Å². The van der Waals surface area contributed by atoms with E-state index in [1.807, 2.05) is 42.5 Å². The summed E-state index contributed by atoms with van der Waals surface area (Å²) in [5, 5.41) is 0. The summed E-state index contributed by atoms with van der Waals surface area (Å²) in [7, 11) is -1.78. The smallest absolute Gasteiger partial charge is 0.231 e. The highest BCUT2D eigenvalue weighted by Crippen LogP contribution is 2.47. The van der Waals surface area contributed by atoms with Gasteiger partial charge in [-0.2, -0.15) is 0 Å². The van der Waals surface area contributed by atoms with Crippen LogP contribution in [-0.4, -0.2) is 26.0 Å². The minimum absolute atomic E-state index is 0.0872. The van der Waals surface area contributed by atoms with Gasteiger partial charge in [0, 0.05) is 12.7 Å². The molecule has 0 radical (unpaired) electrons. The third kappa shape index (κ3) is 4.10. The Morgan fingerprint density at radius 1 is 0.903 bits per heavy atom. The molecule has 1 aliphatic heterocycles. The molecule has 5 heteroatoms. The lowest BCUT2D eigenvalue weighted by Crippen LogP contribution is -2.41. The van der Waals surface area contributed by atoms with Crippen molar-refractivity contribution in [3.63, 3.8) is 0 Å². The number of fused-ring (bicyclic) bond motifs is 1. The maximum Gasteiger partial charge on any atom is 0.231 e. The number of sulfonamides is 1. The van der Waals surface area contributed by atoms with Gasteiger partial charge < -0.3 is 4.90 Å². The molecule has 0 fully saturated rings. The van der Waals surface area contributed by atoms with Gasteiger partial charge in [0.15, 0.2) is 0 Å². The predicted octanol–water partition coefficient (Wildman–Crippen LogP) is 5.63. The van der Waals surface area contributed by atoms with E-state index in [-0.39, 0.29) is 12.1 Å². The highest BCUT2D eigenvalue weighted by molar-refractivity contribution is 7.88. The van der Waals surface area contributed by atoms with Crippen molar-refractivity contribution in [2.75, 3.05) is 18.2 Å². The Morgan fingerprint density at radius 3 is 2.10 bits per heavy atom. The molecule has 2 atom stereocenters. The van der Waals surface area contributed by atoms with E-state index in [1.54, 1.807) is 7.05 Å². The summed E-state index contributed by atoms with van der Waals surface area (Å²) in [6, 6.07) is 28.7. The average molecular weight is 433 g/mol. The van der Waals surface area contributed by atoms with Crippen molar-refractivity contribution < 1.29 is 8.42 Å². The van der Waals surface area contributed by atoms with Crippen LogP contribution in [0, 0.1) is 0 Å². The molecule has 0 bridgehead atoms. The Balaban J connectivity index is 1.99. The molecule has 0 saturated carbocycles. The standard InChI is InChI=1S/C26H28N2O2S/c1-4-23(20-13-7-5-8-14-20)28-24-18-12-11-17-22(24)19-25(27(2)31(3,29)30)26(28)21-15-9-6-10-16-21/h5-19,23,26H,4H2,1-3H3/t23-,26?/m0/s1. The Kier molecular flexibility index (Phi) is 5.88. The van der Waals surface area contributed by atoms with Crippen molar-refractivity contribution in [2.24, 2.45) is 0 Å². The second-order valence-electron chi connectivity index (χ2n) is 7.91. The molecule has 31 heavy (non-hydrogen) atoms. The van der Waals surface area contributed by atoms with E-state index in [1.165, 1.54) is 16.1 Å². The number of benzene rings is 3. The van der Waals surface area contributed by atoms with Gasteiger partial charge in [0.05, 0.1) is 24.0 Å². The molecule has 0 aliphatic carbocycles. The molecule has 1 unspecified atom stereocenters. The molecule has 0 amide bonds. The number of likely N-dealkylation sites (N-methyl/N-ethyl adjacent to an activating group) is 1. The van der Waals surface area contributed by atoms with Crippen LogP contribution in [0.5, 0.6) is 0 Å². The summed E-state index contributed by atoms with van der Waals surface area (Å²) in [6.07, 6.45) is 4.16. The average Bonchev–Trinajstić information content (AvgIpc) is 2.79. The van der Waals surface area contributed by atoms with Crippen molar-refractivity contribution in [2.45, 2.75) is 25.4 Å². The molecule has 1 aliphatic rings. The molecule has 1 heterocycles. The molecule has 0 aromatic heterocycles. The van der Waals surface area contributed by atoms with Gasteiger partial charge in [-0.25, -0.2) is 8.42 Å². The van der Waals surface area contributed by atoms with Crippen LogP contribution in [0.15, 0.2) is 90.6 Å². The Labute approximate surface area is 185 Å². The number of nitrogens with zero attached hydrogens (tertiary/aromatic N) is 2. The molecule has 0 saturated heterocycles. The van der Waals surface area contributed by atoms with Crippen LogP contribution >= 0.6 is 0 Å². The summed E-state index contributed by atoms with van der Waals surface area (Å²) in [4.78, 5) is 2.39. The summed E-state index contributed by atoms with van der Waals surface area (Å²) in [6.45, 7) is 2.18. The molecule has 3 aromatic rings. The van der Waals surface area contributed by atoms with E-state index in [2.05, 4.69) is 60.4 Å². The van der Waals surface area contributed by atoms with Crippen LogP contribution in [0.1, 0.15) is 42.1 Å². The largest absolute Gasteiger partial charge is 0.351 e. The summed E-state index contributed by atoms with van der Waals surface area (Å²) < 4.78 is 26.6. The van der Waals surface area contributed by atoms with Crippen molar-refractivity contribution in [1.29, 1.82) is 0 Å². The van der Waals surface area contributed by atoms with Crippen molar-refractivity contribution in [1.82, 2.24) is 4.31 Å². The quantitative estimate of drug-likeness (QED) is 0.507. The van der Waals surface area contributed by atoms with Crippen LogP contribution in [0.25, 0.3) is 6.08 Å². The number of para-hydroxylation sites is 1. The first-order valence-electron chi connectivity index (χ1n) is 10.5. The fraction of sp³-hybridized carbons (Fsp3) is 0.231. The Hall–Kier alpha value is -3.05. The molecule has 0 spiro atoms. The fourth-order valence-corrected chi connectivity index (χ4v) is 4.94. The Morgan fingerprint density at radius 2 is 1.48 bits per heavy atom. The third-order valence-electron chi connectivity index (χ3n) is 5.96. The van der Waals surface area contributed by atoms with Crippen molar-refractivity contribution >= 4 is 21.8 Å². The highest BCUT2D eigenvalue weighted by Gasteiger charge is 2.37. The minimum Gasteiger partial charge on any atom is -0.351 e. The molecule has 0 N–H and O–H groups in total. The van der Waals surface area contributed by atoms with Gasteiger partial charge in [-0.3, -0.25) is 4.31 Å². The molecular formula is C26H28N2O2S. The monoisotopic (exact) mass is 432 g/mol. The number of rotatable bonds is 6. The lowest BCUT2D eigenvalue weighted by molar-refractivity contribution is 0.470. The summed E-state index contributed by atoms with van der Waals surface area (Å²) >= 11 is 0. The SMILES string of the molecule is CC[C@@H](c1ccccc1)N1c2ccccc2C=C(N(C)S(C)(=O)=O)C1c1ccccc1. The molecule has 3 aromatic carbocycles. The van der Waals surface area contributed by atoms with Crippen LogP contribution in [-0.2, 0) is 10.0 Å². The zero-order chi connectivity index (χ0) is 22.0. The first-order chi connectivity index (χ1) is 14.9. The van der Waals surface area contributed by atoms with Gasteiger partial charge in [0.1, 0.15) is 0 Å². The molecule has 160 valence electrons. The second-order valence-corrected chi connectivity index (χ2v) is 9.93. The maximum absolute atomic E-state index is 12.6. The van der Waals surface area contributed by atoms with E-state index in [9.17, 15) is 8.42 Å². The van der Waals surface area contributed by atoms with Gasteiger partial charge in [0.25, 0.3) is 0 Å². The zero-order valence-electron chi connectivity index (χ0n) is 18.1. The Bertz CT molecular complexity index is 1170. The van der Waals surface area contributed by atoms with Gasteiger partial charge in [0.2, 0.25) is 10.0 Å². The van der Waals surface area contributed by atoms with Crippen molar-refractivity contribution in [3.8, 4) is 0 Å². The van der Waals surface area contributed by atoms with Gasteiger partial charge in [-0.05, 0) is 35.3 Å². The van der Waals surface area contributed by atoms with Gasteiger partial charge in [-0.1, -0.05) is 85.8 Å². The molecular weight excluding hydrogens is 404 g/mol. The molecule has 4 nitrogen and oxygen atoms in total. The van der Waals surface area contributed by atoms with E-state index in [0.29, 0.717) is 0 Å². The molecule has 4 rings (SSSR count). The van der Waals surface area contributed by atoms with Crippen LogP contribution in [0.2, 0.25) is 0 Å². The minimum atomic E-state index is -3.43. The zero-order valence-corrected chi connectivity index (χ0v) is 19.0. The van der Waals surface area contributed by atoms with E-state index >= 15 is 0 Å². The van der Waals surface area contributed by atoms with E-state index in [0.717, 1.165) is 28.9 Å². The first kappa shape index (κ1) is 21.2. The lowest BCUT2D eigenvalue weighted by Gasteiger charge is -2.46. The third-order valence-corrected chi connectivity index (χ3v) is 7.17. The van der Waals surface area contributed by atoms with Crippen molar-refractivity contribution in [3.05, 3.63) is 107 Å². The number of hydrogen-bond donors (Lipinski definition) is 0. The maximum atomic E-state index is 12.6. The van der Waals surface area contributed by atoms with Crippen LogP contribution in [0.4, 0.5) is 5.69 Å². The van der Waals surface area contributed by atoms with E-state index in [4.69, 9.17) is 0 Å².